The Morgan fingerprint density at radius 2 is 1.95 bits per heavy atom. The molecule has 4 heterocycles. The molecule has 0 spiro atoms. The summed E-state index contributed by atoms with van der Waals surface area (Å²) in [5.74, 6) is 1.37. The van der Waals surface area contributed by atoms with Crippen molar-refractivity contribution in [2.24, 2.45) is 17.0 Å². The summed E-state index contributed by atoms with van der Waals surface area (Å²) >= 11 is 0. The van der Waals surface area contributed by atoms with Gasteiger partial charge in [-0.3, -0.25) is 9.69 Å². The second kappa shape index (κ2) is 5.18. The number of piperidine rings is 4. The second-order valence-corrected chi connectivity index (χ2v) is 7.09. The van der Waals surface area contributed by atoms with E-state index in [4.69, 9.17) is 5.53 Å². The van der Waals surface area contributed by atoms with Gasteiger partial charge in [0, 0.05) is 23.5 Å². The highest BCUT2D eigenvalue weighted by atomic mass is 16.2. The van der Waals surface area contributed by atoms with E-state index in [1.54, 1.807) is 0 Å². The number of carbonyl (C=O) groups is 1. The van der Waals surface area contributed by atoms with Crippen LogP contribution in [0, 0.1) is 11.8 Å². The summed E-state index contributed by atoms with van der Waals surface area (Å²) in [5.41, 5.74) is 8.64. The van der Waals surface area contributed by atoms with Gasteiger partial charge in [-0.1, -0.05) is 5.11 Å². The summed E-state index contributed by atoms with van der Waals surface area (Å²) in [5, 5.41) is 3.72. The minimum Gasteiger partial charge on any atom is -0.339 e. The van der Waals surface area contributed by atoms with Gasteiger partial charge in [0.15, 0.2) is 0 Å². The first-order valence-corrected chi connectivity index (χ1v) is 8.38. The lowest BCUT2D eigenvalue weighted by molar-refractivity contribution is -0.152. The topological polar surface area (TPSA) is 72.3 Å². The molecule has 0 bridgehead atoms. The number of azide groups is 1. The molecule has 21 heavy (non-hydrogen) atoms. The molecule has 0 aliphatic carbocycles. The minimum atomic E-state index is -0.453. The third-order valence-electron chi connectivity index (χ3n) is 6.17. The van der Waals surface area contributed by atoms with Crippen molar-refractivity contribution in [2.45, 2.75) is 56.7 Å². The van der Waals surface area contributed by atoms with E-state index in [0.717, 1.165) is 19.4 Å². The van der Waals surface area contributed by atoms with Crippen LogP contribution in [0.3, 0.4) is 0 Å². The largest absolute Gasteiger partial charge is 0.339 e. The Kier molecular flexibility index (Phi) is 3.31. The van der Waals surface area contributed by atoms with Crippen LogP contribution in [-0.2, 0) is 4.79 Å². The van der Waals surface area contributed by atoms with Crippen LogP contribution in [-0.4, -0.2) is 53.5 Å². The van der Waals surface area contributed by atoms with Crippen LogP contribution in [0.1, 0.15) is 38.5 Å². The van der Waals surface area contributed by atoms with Crippen LogP contribution >= 0.6 is 0 Å². The first-order valence-electron chi connectivity index (χ1n) is 8.38. The van der Waals surface area contributed by atoms with E-state index >= 15 is 0 Å². The van der Waals surface area contributed by atoms with Crippen molar-refractivity contribution in [1.82, 2.24) is 9.80 Å². The van der Waals surface area contributed by atoms with Gasteiger partial charge in [-0.05, 0) is 69.0 Å². The monoisotopic (exact) mass is 289 g/mol. The number of rotatable bonds is 1. The molecule has 114 valence electrons. The molecule has 4 aliphatic rings. The molecule has 1 amide bonds. The molecular weight excluding hydrogens is 266 g/mol. The number of hydrogen-bond acceptors (Lipinski definition) is 3. The number of nitrogens with zero attached hydrogens (tertiary/aromatic N) is 5. The molecule has 4 rings (SSSR count). The molecule has 0 aromatic heterocycles. The van der Waals surface area contributed by atoms with E-state index in [2.05, 4.69) is 19.8 Å². The van der Waals surface area contributed by atoms with Crippen molar-refractivity contribution < 1.29 is 4.79 Å². The SMILES string of the molecule is [N-]=[N+]=NC1CC[C@@H]2[C@H]3CCCN4CCC[C@H](CN2C1=O)[C@@H]34. The fourth-order valence-corrected chi connectivity index (χ4v) is 5.43. The summed E-state index contributed by atoms with van der Waals surface area (Å²) in [6.07, 6.45) is 6.79. The van der Waals surface area contributed by atoms with E-state index in [1.165, 1.54) is 38.8 Å². The molecular formula is C15H23N5O. The van der Waals surface area contributed by atoms with E-state index in [-0.39, 0.29) is 5.91 Å². The van der Waals surface area contributed by atoms with Gasteiger partial charge in [0.05, 0.1) is 0 Å². The molecule has 0 aromatic carbocycles. The van der Waals surface area contributed by atoms with Crippen molar-refractivity contribution >= 4 is 5.91 Å². The van der Waals surface area contributed by atoms with Crippen LogP contribution in [0.15, 0.2) is 5.11 Å². The van der Waals surface area contributed by atoms with Gasteiger partial charge in [-0.25, -0.2) is 0 Å². The Labute approximate surface area is 125 Å². The van der Waals surface area contributed by atoms with E-state index in [9.17, 15) is 4.79 Å². The molecule has 6 heteroatoms. The standard InChI is InChI=1S/C15H23N5O/c16-18-17-12-5-6-13-11-4-2-8-19-7-1-3-10(14(11)19)9-20(13)15(12)21/h10-14H,1-9H2/t10-,11-,12?,13-,14+/m1/s1. The summed E-state index contributed by atoms with van der Waals surface area (Å²) in [7, 11) is 0. The van der Waals surface area contributed by atoms with Gasteiger partial charge in [0.1, 0.15) is 6.04 Å². The van der Waals surface area contributed by atoms with Gasteiger partial charge in [0.2, 0.25) is 5.91 Å². The maximum absolute atomic E-state index is 12.6. The van der Waals surface area contributed by atoms with Gasteiger partial charge in [0.25, 0.3) is 0 Å². The molecule has 0 aromatic rings. The minimum absolute atomic E-state index is 0.0881. The zero-order valence-corrected chi connectivity index (χ0v) is 12.4. The number of carbonyl (C=O) groups excluding carboxylic acids is 1. The lowest BCUT2D eigenvalue weighted by Gasteiger charge is -2.59. The Bertz CT molecular complexity index is 486. The number of hydrogen-bond donors (Lipinski definition) is 0. The maximum atomic E-state index is 12.6. The molecule has 4 saturated heterocycles. The van der Waals surface area contributed by atoms with Crippen LogP contribution in [0.4, 0.5) is 0 Å². The predicted molar refractivity (Wildman–Crippen MR) is 78.5 cm³/mol. The Hall–Kier alpha value is -1.26. The van der Waals surface area contributed by atoms with Crippen molar-refractivity contribution in [1.29, 1.82) is 0 Å². The van der Waals surface area contributed by atoms with E-state index in [0.29, 0.717) is 23.9 Å². The molecule has 5 atom stereocenters. The molecule has 1 unspecified atom stereocenters. The van der Waals surface area contributed by atoms with Crippen LogP contribution < -0.4 is 0 Å². The average molecular weight is 289 g/mol. The lowest BCUT2D eigenvalue weighted by Crippen LogP contribution is -2.67. The summed E-state index contributed by atoms with van der Waals surface area (Å²) in [6.45, 7) is 3.39. The first-order chi connectivity index (χ1) is 10.3. The highest BCUT2D eigenvalue weighted by Crippen LogP contribution is 2.44. The van der Waals surface area contributed by atoms with Crippen molar-refractivity contribution in [3.63, 3.8) is 0 Å². The summed E-state index contributed by atoms with van der Waals surface area (Å²) < 4.78 is 0. The van der Waals surface area contributed by atoms with Crippen molar-refractivity contribution in [3.05, 3.63) is 10.4 Å². The van der Waals surface area contributed by atoms with Crippen molar-refractivity contribution in [3.8, 4) is 0 Å². The zero-order valence-electron chi connectivity index (χ0n) is 12.4. The van der Waals surface area contributed by atoms with E-state index in [1.807, 2.05) is 0 Å². The molecule has 6 nitrogen and oxygen atoms in total. The third kappa shape index (κ3) is 2.04. The highest BCUT2D eigenvalue weighted by Gasteiger charge is 2.51. The predicted octanol–water partition coefficient (Wildman–Crippen LogP) is 2.16. The van der Waals surface area contributed by atoms with E-state index < -0.39 is 6.04 Å². The Morgan fingerprint density at radius 1 is 1.14 bits per heavy atom. The lowest BCUT2D eigenvalue weighted by atomic mass is 9.68. The maximum Gasteiger partial charge on any atom is 0.231 e. The van der Waals surface area contributed by atoms with Crippen LogP contribution in [0.25, 0.3) is 10.4 Å². The smallest absolute Gasteiger partial charge is 0.231 e. The zero-order chi connectivity index (χ0) is 14.4. The third-order valence-corrected chi connectivity index (χ3v) is 6.17. The average Bonchev–Trinajstić information content (AvgIpc) is 2.51. The van der Waals surface area contributed by atoms with Gasteiger partial charge >= 0.3 is 0 Å². The van der Waals surface area contributed by atoms with Crippen LogP contribution in [0.2, 0.25) is 0 Å². The first kappa shape index (κ1) is 13.4. The van der Waals surface area contributed by atoms with Crippen LogP contribution in [0.5, 0.6) is 0 Å². The quantitative estimate of drug-likeness (QED) is 0.421. The van der Waals surface area contributed by atoms with Gasteiger partial charge in [-0.2, -0.15) is 0 Å². The second-order valence-electron chi connectivity index (χ2n) is 7.09. The fourth-order valence-electron chi connectivity index (χ4n) is 5.43. The summed E-state index contributed by atoms with van der Waals surface area (Å²) in [4.78, 5) is 20.3. The molecule has 4 fully saturated rings. The molecule has 0 saturated carbocycles. The number of amides is 1. The number of fused-ring (bicyclic) bond motifs is 2. The fraction of sp³-hybridized carbons (Fsp3) is 0.933. The normalized spacial score (nSPS) is 42.8. The van der Waals surface area contributed by atoms with Gasteiger partial charge in [-0.15, -0.1) is 0 Å². The highest BCUT2D eigenvalue weighted by molar-refractivity contribution is 5.83. The van der Waals surface area contributed by atoms with Crippen molar-refractivity contribution in [2.75, 3.05) is 19.6 Å². The van der Waals surface area contributed by atoms with Gasteiger partial charge < -0.3 is 4.90 Å². The molecule has 0 radical (unpaired) electrons. The Balaban J connectivity index is 1.62. The summed E-state index contributed by atoms with van der Waals surface area (Å²) in [6, 6.07) is 0.647. The Morgan fingerprint density at radius 3 is 2.76 bits per heavy atom. The molecule has 0 N–H and O–H groups in total. The molecule has 4 aliphatic heterocycles.